The van der Waals surface area contributed by atoms with Crippen molar-refractivity contribution in [2.45, 2.75) is 37.8 Å². The quantitative estimate of drug-likeness (QED) is 0.183. The minimum Gasteiger partial charge on any atom is -0.360 e. The molecule has 1 heterocycles. The smallest absolute Gasteiger partial charge is 0.145 e. The van der Waals surface area contributed by atoms with Crippen LogP contribution >= 0.6 is 0 Å². The van der Waals surface area contributed by atoms with Crippen LogP contribution in [0.4, 0.5) is 0 Å². The van der Waals surface area contributed by atoms with Gasteiger partial charge < -0.3 is 5.32 Å². The fourth-order valence-electron chi connectivity index (χ4n) is 8.97. The van der Waals surface area contributed by atoms with Gasteiger partial charge in [0.2, 0.25) is 0 Å². The lowest BCUT2D eigenvalue weighted by Gasteiger charge is -2.27. The lowest BCUT2D eigenvalue weighted by Crippen LogP contribution is -2.27. The number of benzene rings is 7. The summed E-state index contributed by atoms with van der Waals surface area (Å²) in [6, 6.07) is 59.5. The summed E-state index contributed by atoms with van der Waals surface area (Å²) in [5.41, 5.74) is 17.1. The fourth-order valence-corrected chi connectivity index (χ4v) is 8.97. The van der Waals surface area contributed by atoms with Gasteiger partial charge in [0.15, 0.2) is 0 Å². The fraction of sp³-hybridized carbons (Fsp3) is 0.113. The number of rotatable bonds is 6. The molecule has 0 fully saturated rings. The molecule has 264 valence electrons. The number of fused-ring (bicyclic) bond motifs is 5. The van der Waals surface area contributed by atoms with E-state index in [-0.39, 0.29) is 11.6 Å². The molecule has 0 saturated heterocycles. The first-order chi connectivity index (χ1) is 27.0. The van der Waals surface area contributed by atoms with E-state index in [2.05, 4.69) is 207 Å². The molecule has 10 rings (SSSR count). The van der Waals surface area contributed by atoms with E-state index in [9.17, 15) is 0 Å². The lowest BCUT2D eigenvalue weighted by molar-refractivity contribution is 0.624. The summed E-state index contributed by atoms with van der Waals surface area (Å²) in [5.74, 6) is 0.385. The van der Waals surface area contributed by atoms with Crippen LogP contribution in [0.15, 0.2) is 204 Å². The molecule has 0 amide bonds. The lowest BCUT2D eigenvalue weighted by atomic mass is 9.78. The molecule has 7 aromatic carbocycles. The van der Waals surface area contributed by atoms with E-state index < -0.39 is 0 Å². The highest BCUT2D eigenvalue weighted by atomic mass is 15.1. The van der Waals surface area contributed by atoms with Crippen molar-refractivity contribution in [1.29, 1.82) is 0 Å². The largest absolute Gasteiger partial charge is 0.360 e. The molecule has 0 saturated carbocycles. The summed E-state index contributed by atoms with van der Waals surface area (Å²) in [4.78, 5) is 5.38. The van der Waals surface area contributed by atoms with Gasteiger partial charge in [0.05, 0.1) is 5.71 Å². The summed E-state index contributed by atoms with van der Waals surface area (Å²) in [7, 11) is 0. The molecule has 2 aliphatic carbocycles. The van der Waals surface area contributed by atoms with E-state index in [0.29, 0.717) is 5.92 Å². The topological polar surface area (TPSA) is 24.4 Å². The Hall–Kier alpha value is -6.51. The Morgan fingerprint density at radius 2 is 1.24 bits per heavy atom. The van der Waals surface area contributed by atoms with E-state index in [1.807, 2.05) is 0 Å². The van der Waals surface area contributed by atoms with Crippen LogP contribution in [0.2, 0.25) is 0 Å². The predicted octanol–water partition coefficient (Wildman–Crippen LogP) is 13.1. The Bertz CT molecular complexity index is 2700. The van der Waals surface area contributed by atoms with Gasteiger partial charge in [-0.2, -0.15) is 0 Å². The molecule has 2 nitrogen and oxygen atoms in total. The van der Waals surface area contributed by atoms with Gasteiger partial charge in [-0.1, -0.05) is 184 Å². The Balaban J connectivity index is 1.07. The van der Waals surface area contributed by atoms with Gasteiger partial charge in [-0.25, -0.2) is 0 Å². The van der Waals surface area contributed by atoms with Crippen LogP contribution < -0.4 is 5.32 Å². The highest BCUT2D eigenvalue weighted by Crippen LogP contribution is 2.55. The maximum atomic E-state index is 5.38. The van der Waals surface area contributed by atoms with Crippen molar-refractivity contribution < 1.29 is 0 Å². The normalized spacial score (nSPS) is 18.1. The van der Waals surface area contributed by atoms with Gasteiger partial charge in [0.1, 0.15) is 6.17 Å². The van der Waals surface area contributed by atoms with Crippen LogP contribution in [-0.2, 0) is 5.41 Å². The van der Waals surface area contributed by atoms with Gasteiger partial charge in [0.25, 0.3) is 0 Å². The molecule has 1 aliphatic heterocycles. The third kappa shape index (κ3) is 5.86. The Labute approximate surface area is 324 Å². The minimum atomic E-state index is -0.222. The third-order valence-corrected chi connectivity index (χ3v) is 11.8. The van der Waals surface area contributed by atoms with Crippen LogP contribution in [0.3, 0.4) is 0 Å². The minimum absolute atomic E-state index is 0.190. The number of nitrogens with zero attached hydrogens (tertiary/aromatic N) is 1. The van der Waals surface area contributed by atoms with Gasteiger partial charge in [-0.05, 0) is 96.6 Å². The predicted molar refractivity (Wildman–Crippen MR) is 230 cm³/mol. The van der Waals surface area contributed by atoms with E-state index in [4.69, 9.17) is 4.99 Å². The molecular formula is C53H42N2. The van der Waals surface area contributed by atoms with E-state index in [0.717, 1.165) is 29.0 Å². The zero-order valence-corrected chi connectivity index (χ0v) is 31.2. The SMILES string of the molecule is CC1(C)c2cc(C3=NC(c4ccccc4)NC(C4=CCC(c5ccccc5)C=C4)=C3)ccc2-c2c(-c3ccc(-c4ccccc4)cc3)cc3ccccc3c21. The highest BCUT2D eigenvalue weighted by molar-refractivity contribution is 6.12. The zero-order valence-electron chi connectivity index (χ0n) is 31.2. The summed E-state index contributed by atoms with van der Waals surface area (Å²) in [5, 5.41) is 6.38. The van der Waals surface area contributed by atoms with Crippen LogP contribution in [-0.4, -0.2) is 5.71 Å². The second kappa shape index (κ2) is 13.4. The van der Waals surface area contributed by atoms with Crippen molar-refractivity contribution in [2.75, 3.05) is 0 Å². The number of hydrogen-bond acceptors (Lipinski definition) is 2. The van der Waals surface area contributed by atoms with Crippen LogP contribution in [0.25, 0.3) is 44.2 Å². The molecule has 0 bridgehead atoms. The second-order valence-electron chi connectivity index (χ2n) is 15.5. The Morgan fingerprint density at radius 3 is 1.96 bits per heavy atom. The van der Waals surface area contributed by atoms with Crippen LogP contribution in [0.5, 0.6) is 0 Å². The van der Waals surface area contributed by atoms with Gasteiger partial charge in [-0.3, -0.25) is 4.99 Å². The molecule has 2 atom stereocenters. The Kier molecular flexibility index (Phi) is 8.07. The molecule has 0 radical (unpaired) electrons. The molecule has 3 aliphatic rings. The van der Waals surface area contributed by atoms with Crippen LogP contribution in [0, 0.1) is 0 Å². The van der Waals surface area contributed by atoms with Crippen molar-refractivity contribution in [2.24, 2.45) is 4.99 Å². The summed E-state index contributed by atoms with van der Waals surface area (Å²) in [6.45, 7) is 4.80. The first-order valence-corrected chi connectivity index (χ1v) is 19.4. The maximum absolute atomic E-state index is 5.38. The molecule has 0 spiro atoms. The standard InChI is InChI=1S/C53H42N2/c1-53(2)47-33-43(49-34-48(54-52(55-49)41-18-10-5-11-19-41)40-28-24-38(25-29-40)36-16-8-4-9-17-36)30-31-45(47)50-46(32-42-20-12-13-21-44(42)51(50)53)39-26-22-37(23-27-39)35-14-6-3-7-15-35/h3-24,26-34,38,52,54H,25H2,1-2H3. The number of allylic oxidation sites excluding steroid dienone is 4. The monoisotopic (exact) mass is 706 g/mol. The van der Waals surface area contributed by atoms with Crippen molar-refractivity contribution in [3.8, 4) is 33.4 Å². The zero-order chi connectivity index (χ0) is 36.9. The molecule has 1 N–H and O–H groups in total. The first kappa shape index (κ1) is 33.1. The second-order valence-corrected chi connectivity index (χ2v) is 15.5. The first-order valence-electron chi connectivity index (χ1n) is 19.4. The van der Waals surface area contributed by atoms with Gasteiger partial charge in [-0.15, -0.1) is 0 Å². The third-order valence-electron chi connectivity index (χ3n) is 11.8. The van der Waals surface area contributed by atoms with Crippen molar-refractivity contribution in [3.05, 3.63) is 227 Å². The number of aliphatic imine (C=N–C) groups is 1. The average molecular weight is 707 g/mol. The molecule has 2 heteroatoms. The highest BCUT2D eigenvalue weighted by Gasteiger charge is 2.39. The molecule has 55 heavy (non-hydrogen) atoms. The van der Waals surface area contributed by atoms with Gasteiger partial charge in [0, 0.05) is 22.6 Å². The summed E-state index contributed by atoms with van der Waals surface area (Å²) >= 11 is 0. The molecule has 7 aromatic rings. The molecular weight excluding hydrogens is 665 g/mol. The van der Waals surface area contributed by atoms with Crippen LogP contribution in [0.1, 0.15) is 60.2 Å². The molecule has 2 unspecified atom stereocenters. The average Bonchev–Trinajstić information content (AvgIpc) is 3.50. The maximum Gasteiger partial charge on any atom is 0.145 e. The van der Waals surface area contributed by atoms with Crippen molar-refractivity contribution in [1.82, 2.24) is 5.32 Å². The summed E-state index contributed by atoms with van der Waals surface area (Å²) < 4.78 is 0. The number of nitrogens with one attached hydrogen (secondary N) is 1. The van der Waals surface area contributed by atoms with Crippen molar-refractivity contribution in [3.63, 3.8) is 0 Å². The van der Waals surface area contributed by atoms with Gasteiger partial charge >= 0.3 is 0 Å². The van der Waals surface area contributed by atoms with E-state index in [1.165, 1.54) is 66.4 Å². The van der Waals surface area contributed by atoms with E-state index >= 15 is 0 Å². The molecule has 0 aromatic heterocycles. The van der Waals surface area contributed by atoms with Crippen molar-refractivity contribution >= 4 is 16.5 Å². The number of hydrogen-bond donors (Lipinski definition) is 1. The summed E-state index contributed by atoms with van der Waals surface area (Å²) in [6.07, 6.45) is 10.0. The Morgan fingerprint density at radius 1 is 0.600 bits per heavy atom. The van der Waals surface area contributed by atoms with E-state index in [1.54, 1.807) is 0 Å².